The van der Waals surface area contributed by atoms with E-state index in [9.17, 15) is 19.2 Å². The van der Waals surface area contributed by atoms with Gasteiger partial charge in [0.1, 0.15) is 0 Å². The average Bonchev–Trinajstić information content (AvgIpc) is 2.00. The van der Waals surface area contributed by atoms with Gasteiger partial charge in [-0.1, -0.05) is 6.58 Å². The second-order valence-corrected chi connectivity index (χ2v) is 2.14. The third kappa shape index (κ3) is 6.75. The van der Waals surface area contributed by atoms with Gasteiger partial charge in [-0.15, -0.1) is 0 Å². The van der Waals surface area contributed by atoms with Crippen molar-refractivity contribution in [1.82, 2.24) is 15.0 Å². The van der Waals surface area contributed by atoms with E-state index in [1.165, 1.54) is 6.92 Å². The van der Waals surface area contributed by atoms with Gasteiger partial charge in [-0.05, 0) is 0 Å². The Morgan fingerprint density at radius 2 is 1.47 bits per heavy atom. The SMILES string of the molecule is C=COC(C)=O.O=c1[nH]c(=O)[nH]c(=O)[nH]1. The highest BCUT2D eigenvalue weighted by atomic mass is 16.5. The van der Waals surface area contributed by atoms with Crippen LogP contribution in [-0.4, -0.2) is 20.9 Å². The highest BCUT2D eigenvalue weighted by Crippen LogP contribution is 1.70. The van der Waals surface area contributed by atoms with Crippen LogP contribution in [0.3, 0.4) is 0 Å². The maximum absolute atomic E-state index is 10.2. The number of hydrogen-bond acceptors (Lipinski definition) is 5. The minimum absolute atomic E-state index is 0.329. The fraction of sp³-hybridized carbons (Fsp3) is 0.143. The van der Waals surface area contributed by atoms with Gasteiger partial charge in [-0.3, -0.25) is 19.7 Å². The number of ether oxygens (including phenoxy) is 1. The van der Waals surface area contributed by atoms with Crippen LogP contribution in [0.2, 0.25) is 0 Å². The lowest BCUT2D eigenvalue weighted by molar-refractivity contribution is -0.135. The standard InChI is InChI=1S/C4H6O2.C3H3N3O3/c1-3-6-4(2)5;7-1-4-2(8)6-3(9)5-1/h3H,1H2,2H3;(H3,4,5,6,7,8,9). The maximum Gasteiger partial charge on any atom is 0.330 e. The molecular weight excluding hydrogens is 206 g/mol. The van der Waals surface area contributed by atoms with E-state index in [2.05, 4.69) is 11.3 Å². The van der Waals surface area contributed by atoms with Crippen molar-refractivity contribution in [1.29, 1.82) is 0 Å². The number of carbonyl (C=O) groups is 1. The maximum atomic E-state index is 10.2. The van der Waals surface area contributed by atoms with Crippen LogP contribution in [0.15, 0.2) is 27.2 Å². The molecule has 0 aromatic carbocycles. The molecule has 15 heavy (non-hydrogen) atoms. The van der Waals surface area contributed by atoms with Crippen LogP contribution in [-0.2, 0) is 9.53 Å². The summed E-state index contributed by atoms with van der Waals surface area (Å²) in [5.74, 6) is -0.329. The van der Waals surface area contributed by atoms with Crippen molar-refractivity contribution in [3.8, 4) is 0 Å². The van der Waals surface area contributed by atoms with Crippen molar-refractivity contribution in [2.24, 2.45) is 0 Å². The van der Waals surface area contributed by atoms with Gasteiger partial charge < -0.3 is 4.74 Å². The fourth-order valence-corrected chi connectivity index (χ4v) is 0.520. The number of esters is 1. The summed E-state index contributed by atoms with van der Waals surface area (Å²) in [4.78, 5) is 45.7. The topological polar surface area (TPSA) is 125 Å². The molecule has 3 N–H and O–H groups in total. The summed E-state index contributed by atoms with van der Waals surface area (Å²) < 4.78 is 4.17. The Morgan fingerprint density at radius 1 is 1.13 bits per heavy atom. The Bertz CT molecular complexity index is 416. The number of aromatic amines is 3. The zero-order chi connectivity index (χ0) is 11.8. The molecule has 0 aliphatic carbocycles. The second kappa shape index (κ2) is 6.13. The van der Waals surface area contributed by atoms with E-state index in [1.54, 1.807) is 15.0 Å². The third-order valence-electron chi connectivity index (χ3n) is 0.930. The van der Waals surface area contributed by atoms with Crippen molar-refractivity contribution in [2.45, 2.75) is 6.92 Å². The van der Waals surface area contributed by atoms with Crippen molar-refractivity contribution in [3.63, 3.8) is 0 Å². The highest BCUT2D eigenvalue weighted by Gasteiger charge is 1.85. The van der Waals surface area contributed by atoms with E-state index in [0.29, 0.717) is 0 Å². The lowest BCUT2D eigenvalue weighted by atomic mass is 10.8. The zero-order valence-electron chi connectivity index (χ0n) is 7.83. The Morgan fingerprint density at radius 3 is 1.60 bits per heavy atom. The van der Waals surface area contributed by atoms with E-state index >= 15 is 0 Å². The fourth-order valence-electron chi connectivity index (χ4n) is 0.520. The van der Waals surface area contributed by atoms with Crippen molar-refractivity contribution in [3.05, 3.63) is 44.3 Å². The van der Waals surface area contributed by atoms with E-state index < -0.39 is 17.1 Å². The number of aromatic nitrogens is 3. The van der Waals surface area contributed by atoms with Crippen molar-refractivity contribution < 1.29 is 9.53 Å². The van der Waals surface area contributed by atoms with E-state index in [-0.39, 0.29) is 5.97 Å². The van der Waals surface area contributed by atoms with Gasteiger partial charge in [0.2, 0.25) is 0 Å². The normalized spacial score (nSPS) is 8.33. The Kier molecular flexibility index (Phi) is 5.16. The molecule has 0 aliphatic rings. The molecule has 1 aromatic heterocycles. The molecule has 0 amide bonds. The highest BCUT2D eigenvalue weighted by molar-refractivity contribution is 5.66. The van der Waals surface area contributed by atoms with Crippen LogP contribution >= 0.6 is 0 Å². The number of hydrogen-bond donors (Lipinski definition) is 3. The lowest BCUT2D eigenvalue weighted by Gasteiger charge is -1.83. The number of nitrogens with one attached hydrogen (secondary N) is 3. The first-order chi connectivity index (χ1) is 6.95. The summed E-state index contributed by atoms with van der Waals surface area (Å²) in [6, 6.07) is 0. The summed E-state index contributed by atoms with van der Waals surface area (Å²) in [7, 11) is 0. The molecule has 82 valence electrons. The molecule has 0 unspecified atom stereocenters. The number of carbonyl (C=O) groups excluding carboxylic acids is 1. The monoisotopic (exact) mass is 215 g/mol. The molecule has 8 heteroatoms. The quantitative estimate of drug-likeness (QED) is 0.386. The van der Waals surface area contributed by atoms with Crippen LogP contribution in [0.25, 0.3) is 0 Å². The number of rotatable bonds is 1. The summed E-state index contributed by atoms with van der Waals surface area (Å²) in [6.45, 7) is 4.48. The first-order valence-electron chi connectivity index (χ1n) is 3.66. The summed E-state index contributed by atoms with van der Waals surface area (Å²) >= 11 is 0. The van der Waals surface area contributed by atoms with Crippen molar-refractivity contribution in [2.75, 3.05) is 0 Å². The second-order valence-electron chi connectivity index (χ2n) is 2.14. The van der Waals surface area contributed by atoms with Gasteiger partial charge in [-0.2, -0.15) is 0 Å². The Labute approximate surface area is 82.6 Å². The lowest BCUT2D eigenvalue weighted by Crippen LogP contribution is -2.34. The molecule has 0 saturated carbocycles. The van der Waals surface area contributed by atoms with E-state index in [4.69, 9.17) is 0 Å². The van der Waals surface area contributed by atoms with Gasteiger partial charge in [-0.25, -0.2) is 14.4 Å². The Balaban J connectivity index is 0.000000288. The van der Waals surface area contributed by atoms with Gasteiger partial charge in [0.25, 0.3) is 0 Å². The van der Waals surface area contributed by atoms with Crippen LogP contribution in [0.1, 0.15) is 6.92 Å². The van der Waals surface area contributed by atoms with Gasteiger partial charge in [0.15, 0.2) is 0 Å². The Hall–Kier alpha value is -2.38. The van der Waals surface area contributed by atoms with Gasteiger partial charge in [0, 0.05) is 6.92 Å². The number of H-pyrrole nitrogens is 3. The predicted octanol–water partition coefficient (Wildman–Crippen LogP) is -1.56. The molecule has 1 heterocycles. The molecule has 0 bridgehead atoms. The summed E-state index contributed by atoms with van der Waals surface area (Å²) in [6.07, 6.45) is 1.10. The van der Waals surface area contributed by atoms with Gasteiger partial charge >= 0.3 is 23.0 Å². The van der Waals surface area contributed by atoms with Crippen LogP contribution in [0.4, 0.5) is 0 Å². The van der Waals surface area contributed by atoms with Crippen molar-refractivity contribution >= 4 is 5.97 Å². The first-order valence-corrected chi connectivity index (χ1v) is 3.66. The molecule has 0 spiro atoms. The third-order valence-corrected chi connectivity index (χ3v) is 0.930. The molecule has 0 fully saturated rings. The van der Waals surface area contributed by atoms with Crippen LogP contribution in [0.5, 0.6) is 0 Å². The molecular formula is C7H9N3O5. The predicted molar refractivity (Wildman–Crippen MR) is 50.3 cm³/mol. The molecule has 1 aromatic rings. The molecule has 8 nitrogen and oxygen atoms in total. The molecule has 0 aliphatic heterocycles. The van der Waals surface area contributed by atoms with Gasteiger partial charge in [0.05, 0.1) is 6.26 Å². The van der Waals surface area contributed by atoms with Crippen LogP contribution in [0, 0.1) is 0 Å². The zero-order valence-corrected chi connectivity index (χ0v) is 7.83. The van der Waals surface area contributed by atoms with E-state index in [1.807, 2.05) is 0 Å². The summed E-state index contributed by atoms with van der Waals surface area (Å²) in [5.41, 5.74) is -2.41. The smallest absolute Gasteiger partial charge is 0.330 e. The molecule has 0 saturated heterocycles. The molecule has 0 atom stereocenters. The first kappa shape index (κ1) is 12.6. The van der Waals surface area contributed by atoms with Crippen LogP contribution < -0.4 is 17.1 Å². The largest absolute Gasteiger partial charge is 0.435 e. The minimum Gasteiger partial charge on any atom is -0.435 e. The molecule has 1 rings (SSSR count). The van der Waals surface area contributed by atoms with E-state index in [0.717, 1.165) is 6.26 Å². The molecule has 0 radical (unpaired) electrons. The summed E-state index contributed by atoms with van der Waals surface area (Å²) in [5, 5.41) is 0. The average molecular weight is 215 g/mol. The minimum atomic E-state index is -0.802.